The van der Waals surface area contributed by atoms with Crippen molar-refractivity contribution in [1.82, 2.24) is 0 Å². The fourth-order valence-electron chi connectivity index (χ4n) is 5.47. The molecule has 0 fully saturated rings. The smallest absolute Gasteiger partial charge is 0.343 e. The van der Waals surface area contributed by atoms with E-state index in [4.69, 9.17) is 13.7 Å². The van der Waals surface area contributed by atoms with E-state index >= 15 is 0 Å². The first-order valence-corrected chi connectivity index (χ1v) is 19.9. The van der Waals surface area contributed by atoms with Crippen molar-refractivity contribution in [2.24, 2.45) is 0 Å². The molecule has 3 rings (SSSR count). The maximum absolute atomic E-state index is 12.7. The molecule has 266 valence electrons. The Bertz CT molecular complexity index is 1390. The molecule has 0 radical (unpaired) electrons. The predicted octanol–water partition coefficient (Wildman–Crippen LogP) is 11.8. The van der Waals surface area contributed by atoms with Crippen molar-refractivity contribution in [1.29, 1.82) is 0 Å². The first-order chi connectivity index (χ1) is 24.1. The van der Waals surface area contributed by atoms with Crippen LogP contribution in [0.3, 0.4) is 0 Å². The number of hydrogen-bond donors (Lipinski definition) is 0. The minimum atomic E-state index is -1.47. The molecule has 49 heavy (non-hydrogen) atoms. The third-order valence-corrected chi connectivity index (χ3v) is 9.55. The Hall–Kier alpha value is -3.40. The van der Waals surface area contributed by atoms with Gasteiger partial charge in [-0.1, -0.05) is 128 Å². The van der Waals surface area contributed by atoms with Crippen LogP contribution >= 0.6 is 0 Å². The van der Waals surface area contributed by atoms with Crippen LogP contribution in [0.5, 0.6) is 11.5 Å². The Balaban J connectivity index is 1.31. The predicted molar refractivity (Wildman–Crippen MR) is 203 cm³/mol. The van der Waals surface area contributed by atoms with Crippen LogP contribution in [-0.2, 0) is 15.3 Å². The lowest BCUT2D eigenvalue weighted by Crippen LogP contribution is -2.08. The van der Waals surface area contributed by atoms with Crippen molar-refractivity contribution in [2.45, 2.75) is 134 Å². The molecule has 3 aromatic carbocycles. The van der Waals surface area contributed by atoms with Gasteiger partial charge in [0.1, 0.15) is 11.5 Å². The van der Waals surface area contributed by atoms with E-state index in [1.54, 1.807) is 36.4 Å². The Morgan fingerprint density at radius 2 is 0.959 bits per heavy atom. The number of ether oxygens (including phenoxy) is 2. The van der Waals surface area contributed by atoms with Gasteiger partial charge in [-0.05, 0) is 85.6 Å². The van der Waals surface area contributed by atoms with Gasteiger partial charge in [0, 0.05) is 11.1 Å². The summed E-state index contributed by atoms with van der Waals surface area (Å²) in [6.45, 7) is 5.69. The SMILES string of the molecule is CCCCCCCCCCCCOc1ccc(C(=O)Oc2ccc(C#Cc3ccc(S(=O)OCCCCCCCCCC)cc3)cc2)cc1. The van der Waals surface area contributed by atoms with Gasteiger partial charge in [0.2, 0.25) is 0 Å². The summed E-state index contributed by atoms with van der Waals surface area (Å²) >= 11 is -1.47. The molecule has 5 nitrogen and oxygen atoms in total. The van der Waals surface area contributed by atoms with Crippen LogP contribution in [0.25, 0.3) is 0 Å². The largest absolute Gasteiger partial charge is 0.494 e. The maximum Gasteiger partial charge on any atom is 0.343 e. The molecule has 0 aliphatic carbocycles. The van der Waals surface area contributed by atoms with Crippen LogP contribution in [-0.4, -0.2) is 23.4 Å². The Kier molecular flexibility index (Phi) is 20.9. The third kappa shape index (κ3) is 17.7. The maximum atomic E-state index is 12.7. The highest BCUT2D eigenvalue weighted by Gasteiger charge is 2.09. The highest BCUT2D eigenvalue weighted by Crippen LogP contribution is 2.18. The number of carbonyl (C=O) groups excluding carboxylic acids is 1. The molecule has 0 bridgehead atoms. The van der Waals surface area contributed by atoms with Crippen LogP contribution in [0.1, 0.15) is 151 Å². The lowest BCUT2D eigenvalue weighted by Gasteiger charge is -2.08. The zero-order valence-electron chi connectivity index (χ0n) is 30.0. The number of esters is 1. The summed E-state index contributed by atoms with van der Waals surface area (Å²) in [6, 6.07) is 21.5. The van der Waals surface area contributed by atoms with Crippen LogP contribution in [0.2, 0.25) is 0 Å². The minimum absolute atomic E-state index is 0.417. The monoisotopic (exact) mass is 686 g/mol. The molecule has 1 unspecified atom stereocenters. The summed E-state index contributed by atoms with van der Waals surface area (Å²) in [7, 11) is 0. The number of carbonyl (C=O) groups is 1. The molecular formula is C43H58O5S. The quantitative estimate of drug-likeness (QED) is 0.0384. The summed E-state index contributed by atoms with van der Waals surface area (Å²) in [6.07, 6.45) is 22.7. The fraction of sp³-hybridized carbons (Fsp3) is 0.512. The molecule has 0 aliphatic rings. The van der Waals surface area contributed by atoms with E-state index in [1.165, 1.54) is 96.3 Å². The normalized spacial score (nSPS) is 11.5. The van der Waals surface area contributed by atoms with Gasteiger partial charge in [0.05, 0.1) is 23.7 Å². The summed E-state index contributed by atoms with van der Waals surface area (Å²) < 4.78 is 29.5. The Morgan fingerprint density at radius 3 is 1.47 bits per heavy atom. The van der Waals surface area contributed by atoms with Gasteiger partial charge in [0.15, 0.2) is 11.1 Å². The minimum Gasteiger partial charge on any atom is -0.494 e. The standard InChI is InChI=1S/C43H58O5S/c1-3-5-7-9-11-13-14-15-17-19-35-46-40-31-27-39(28-32-40)43(44)48-41-29-23-37(24-30-41)21-22-38-25-33-42(34-26-38)49(45)47-36-20-18-16-12-10-8-6-4-2/h23-34H,3-20,35-36H2,1-2H3. The zero-order chi connectivity index (χ0) is 34.8. The summed E-state index contributed by atoms with van der Waals surface area (Å²) in [5, 5.41) is 0. The molecule has 0 amide bonds. The van der Waals surface area contributed by atoms with Crippen molar-refractivity contribution in [3.63, 3.8) is 0 Å². The van der Waals surface area contributed by atoms with Gasteiger partial charge in [-0.25, -0.2) is 9.00 Å². The fourth-order valence-corrected chi connectivity index (χ4v) is 6.23. The van der Waals surface area contributed by atoms with Crippen molar-refractivity contribution < 1.29 is 22.7 Å². The zero-order valence-corrected chi connectivity index (χ0v) is 30.8. The third-order valence-electron chi connectivity index (χ3n) is 8.51. The highest BCUT2D eigenvalue weighted by atomic mass is 32.2. The van der Waals surface area contributed by atoms with E-state index in [0.29, 0.717) is 29.4 Å². The van der Waals surface area contributed by atoms with Gasteiger partial charge >= 0.3 is 5.97 Å². The topological polar surface area (TPSA) is 61.8 Å². The van der Waals surface area contributed by atoms with Crippen molar-refractivity contribution >= 4 is 17.0 Å². The van der Waals surface area contributed by atoms with Gasteiger partial charge in [0.25, 0.3) is 0 Å². The summed E-state index contributed by atoms with van der Waals surface area (Å²) in [5.74, 6) is 7.06. The Morgan fingerprint density at radius 1 is 0.531 bits per heavy atom. The number of benzene rings is 3. The molecule has 0 N–H and O–H groups in total. The van der Waals surface area contributed by atoms with Gasteiger partial charge in [-0.15, -0.1) is 0 Å². The summed E-state index contributed by atoms with van der Waals surface area (Å²) in [4.78, 5) is 13.3. The summed E-state index contributed by atoms with van der Waals surface area (Å²) in [5.41, 5.74) is 2.08. The van der Waals surface area contributed by atoms with E-state index in [9.17, 15) is 9.00 Å². The molecule has 1 atom stereocenters. The lowest BCUT2D eigenvalue weighted by atomic mass is 10.1. The van der Waals surface area contributed by atoms with Crippen molar-refractivity contribution in [3.05, 3.63) is 89.5 Å². The van der Waals surface area contributed by atoms with Crippen LogP contribution in [0, 0.1) is 11.8 Å². The lowest BCUT2D eigenvalue weighted by molar-refractivity contribution is 0.0734. The molecule has 3 aromatic rings. The molecule has 0 spiro atoms. The van der Waals surface area contributed by atoms with Gasteiger partial charge in [-0.3, -0.25) is 4.18 Å². The second kappa shape index (κ2) is 25.6. The molecule has 0 saturated carbocycles. The van der Waals surface area contributed by atoms with Crippen LogP contribution in [0.15, 0.2) is 77.7 Å². The second-order valence-electron chi connectivity index (χ2n) is 12.8. The Labute approximate surface area is 299 Å². The number of hydrogen-bond acceptors (Lipinski definition) is 5. The average Bonchev–Trinajstić information content (AvgIpc) is 3.13. The van der Waals surface area contributed by atoms with E-state index in [2.05, 4.69) is 25.7 Å². The number of unbranched alkanes of at least 4 members (excludes halogenated alkanes) is 16. The van der Waals surface area contributed by atoms with Crippen LogP contribution < -0.4 is 9.47 Å². The molecular weight excluding hydrogens is 629 g/mol. The van der Waals surface area contributed by atoms with Crippen molar-refractivity contribution in [2.75, 3.05) is 13.2 Å². The molecule has 0 aliphatic heterocycles. The average molecular weight is 687 g/mol. The molecule has 0 heterocycles. The van der Waals surface area contributed by atoms with Crippen LogP contribution in [0.4, 0.5) is 0 Å². The first-order valence-electron chi connectivity index (χ1n) is 18.8. The van der Waals surface area contributed by atoms with E-state index in [-0.39, 0.29) is 0 Å². The van der Waals surface area contributed by atoms with E-state index in [1.807, 2.05) is 36.4 Å². The van der Waals surface area contributed by atoms with Gasteiger partial charge in [-0.2, -0.15) is 0 Å². The first kappa shape index (κ1) is 40.0. The van der Waals surface area contributed by atoms with Gasteiger partial charge < -0.3 is 9.47 Å². The molecule has 0 aromatic heterocycles. The van der Waals surface area contributed by atoms with Crippen molar-refractivity contribution in [3.8, 4) is 23.3 Å². The highest BCUT2D eigenvalue weighted by molar-refractivity contribution is 7.80. The molecule has 0 saturated heterocycles. The number of rotatable bonds is 25. The second-order valence-corrected chi connectivity index (χ2v) is 14.0. The van der Waals surface area contributed by atoms with E-state index < -0.39 is 17.0 Å². The van der Waals surface area contributed by atoms with E-state index in [0.717, 1.165) is 36.1 Å². The molecule has 6 heteroatoms.